The van der Waals surface area contributed by atoms with E-state index >= 15 is 0 Å². The predicted molar refractivity (Wildman–Crippen MR) is 99.3 cm³/mol. The van der Waals surface area contributed by atoms with Crippen LogP contribution in [0.15, 0.2) is 41.3 Å². The number of carbonyl (C=O) groups is 2. The smallest absolute Gasteiger partial charge is 0.338 e. The molecule has 0 saturated heterocycles. The topological polar surface area (TPSA) is 88.4 Å². The van der Waals surface area contributed by atoms with Crippen LogP contribution in [0, 0.1) is 24.5 Å². The third-order valence-corrected chi connectivity index (χ3v) is 4.14. The van der Waals surface area contributed by atoms with Gasteiger partial charge in [-0.25, -0.2) is 4.79 Å². The molecule has 134 valence electrons. The van der Waals surface area contributed by atoms with Crippen LogP contribution >= 0.6 is 11.8 Å². The highest BCUT2D eigenvalue weighted by Crippen LogP contribution is 2.27. The van der Waals surface area contributed by atoms with Crippen molar-refractivity contribution in [2.45, 2.75) is 18.7 Å². The average Bonchev–Trinajstić information content (AvgIpc) is 2.63. The van der Waals surface area contributed by atoms with Crippen LogP contribution < -0.4 is 10.1 Å². The fourth-order valence-corrected chi connectivity index (χ4v) is 2.95. The molecule has 0 spiro atoms. The van der Waals surface area contributed by atoms with E-state index in [2.05, 4.69) is 5.32 Å². The standard InChI is InChI=1S/C19H18N2O4S/c1-12-7-16(26-11-20)8-13(2)18(12)21-17(22)10-25-19(23)14-5-4-6-15(9-14)24-3/h4-9H,10H2,1-3H3,(H,21,22). The Bertz CT molecular complexity index is 851. The number of carbonyl (C=O) groups excluding carboxylic acids is 2. The summed E-state index contributed by atoms with van der Waals surface area (Å²) in [5.74, 6) is -0.508. The van der Waals surface area contributed by atoms with Gasteiger partial charge >= 0.3 is 5.97 Å². The number of benzene rings is 2. The van der Waals surface area contributed by atoms with E-state index in [0.29, 0.717) is 17.0 Å². The molecule has 0 aliphatic rings. The number of thiocyanates is 1. The van der Waals surface area contributed by atoms with Crippen molar-refractivity contribution < 1.29 is 19.1 Å². The SMILES string of the molecule is COc1cccc(C(=O)OCC(=O)Nc2c(C)cc(SC#N)cc2C)c1. The maximum absolute atomic E-state index is 12.1. The van der Waals surface area contributed by atoms with Gasteiger partial charge in [-0.15, -0.1) is 0 Å². The van der Waals surface area contributed by atoms with Crippen molar-refractivity contribution in [3.8, 4) is 11.2 Å². The number of nitriles is 1. The van der Waals surface area contributed by atoms with E-state index in [1.807, 2.05) is 31.4 Å². The number of aryl methyl sites for hydroxylation is 2. The van der Waals surface area contributed by atoms with Crippen LogP contribution in [0.25, 0.3) is 0 Å². The second-order valence-electron chi connectivity index (χ2n) is 5.48. The van der Waals surface area contributed by atoms with Gasteiger partial charge in [0.15, 0.2) is 6.61 Å². The second-order valence-corrected chi connectivity index (χ2v) is 6.34. The van der Waals surface area contributed by atoms with Crippen LogP contribution in [0.3, 0.4) is 0 Å². The minimum atomic E-state index is -0.603. The number of methoxy groups -OCH3 is 1. The molecule has 1 amide bonds. The molecule has 2 rings (SSSR count). The summed E-state index contributed by atoms with van der Waals surface area (Å²) in [5.41, 5.74) is 2.61. The molecule has 0 unspecified atom stereocenters. The van der Waals surface area contributed by atoms with Gasteiger partial charge < -0.3 is 14.8 Å². The molecule has 2 aromatic carbocycles. The summed E-state index contributed by atoms with van der Waals surface area (Å²) in [6.45, 7) is 3.28. The van der Waals surface area contributed by atoms with E-state index in [4.69, 9.17) is 14.7 Å². The molecule has 0 aromatic heterocycles. The molecule has 7 heteroatoms. The summed E-state index contributed by atoms with van der Waals surface area (Å²) in [5, 5.41) is 13.5. The van der Waals surface area contributed by atoms with Gasteiger partial charge in [0.05, 0.1) is 12.7 Å². The summed E-state index contributed by atoms with van der Waals surface area (Å²) in [7, 11) is 1.50. The molecule has 26 heavy (non-hydrogen) atoms. The van der Waals surface area contributed by atoms with Crippen molar-refractivity contribution in [3.63, 3.8) is 0 Å². The molecular weight excluding hydrogens is 352 g/mol. The maximum Gasteiger partial charge on any atom is 0.338 e. The first kappa shape index (κ1) is 19.3. The lowest BCUT2D eigenvalue weighted by atomic mass is 10.1. The number of ether oxygens (including phenoxy) is 2. The van der Waals surface area contributed by atoms with Crippen molar-refractivity contribution in [1.82, 2.24) is 0 Å². The summed E-state index contributed by atoms with van der Waals surface area (Å²) in [6, 6.07) is 10.1. The minimum absolute atomic E-state index is 0.308. The average molecular weight is 370 g/mol. The molecule has 0 fully saturated rings. The number of nitrogens with zero attached hydrogens (tertiary/aromatic N) is 1. The third kappa shape index (κ3) is 5.01. The Balaban J connectivity index is 1.99. The highest BCUT2D eigenvalue weighted by atomic mass is 32.2. The first-order valence-corrected chi connectivity index (χ1v) is 8.54. The second kappa shape index (κ2) is 8.92. The van der Waals surface area contributed by atoms with Gasteiger partial charge in [0.1, 0.15) is 11.2 Å². The number of rotatable bonds is 6. The van der Waals surface area contributed by atoms with Crippen LogP contribution in [0.2, 0.25) is 0 Å². The molecule has 2 aromatic rings. The maximum atomic E-state index is 12.1. The largest absolute Gasteiger partial charge is 0.497 e. The summed E-state index contributed by atoms with van der Waals surface area (Å²) < 4.78 is 10.1. The van der Waals surface area contributed by atoms with Crippen LogP contribution in [-0.2, 0) is 9.53 Å². The number of esters is 1. The lowest BCUT2D eigenvalue weighted by molar-refractivity contribution is -0.119. The Kier molecular flexibility index (Phi) is 6.64. The Morgan fingerprint density at radius 2 is 1.88 bits per heavy atom. The summed E-state index contributed by atoms with van der Waals surface area (Å²) in [4.78, 5) is 25.0. The van der Waals surface area contributed by atoms with E-state index in [0.717, 1.165) is 27.8 Å². The molecule has 0 saturated carbocycles. The van der Waals surface area contributed by atoms with Crippen LogP contribution in [-0.4, -0.2) is 25.6 Å². The van der Waals surface area contributed by atoms with Gasteiger partial charge in [-0.1, -0.05) is 6.07 Å². The minimum Gasteiger partial charge on any atom is -0.497 e. The molecule has 1 N–H and O–H groups in total. The zero-order valence-corrected chi connectivity index (χ0v) is 15.5. The van der Waals surface area contributed by atoms with Crippen molar-refractivity contribution in [2.75, 3.05) is 19.0 Å². The fourth-order valence-electron chi connectivity index (χ4n) is 2.37. The lowest BCUT2D eigenvalue weighted by Gasteiger charge is -2.13. The Morgan fingerprint density at radius 3 is 2.50 bits per heavy atom. The highest BCUT2D eigenvalue weighted by molar-refractivity contribution is 8.03. The number of amides is 1. The van der Waals surface area contributed by atoms with E-state index < -0.39 is 18.5 Å². The summed E-state index contributed by atoms with van der Waals surface area (Å²) in [6.07, 6.45) is 0. The van der Waals surface area contributed by atoms with Gasteiger partial charge in [0, 0.05) is 10.6 Å². The molecular formula is C19H18N2O4S. The molecule has 0 aliphatic carbocycles. The van der Waals surface area contributed by atoms with Gasteiger partial charge in [-0.05, 0) is 67.1 Å². The Labute approximate surface area is 156 Å². The van der Waals surface area contributed by atoms with E-state index in [1.54, 1.807) is 24.3 Å². The molecule has 0 aliphatic heterocycles. The zero-order chi connectivity index (χ0) is 19.1. The van der Waals surface area contributed by atoms with Gasteiger partial charge in [-0.3, -0.25) is 4.79 Å². The van der Waals surface area contributed by atoms with Crippen LogP contribution in [0.1, 0.15) is 21.5 Å². The Morgan fingerprint density at radius 1 is 1.19 bits per heavy atom. The normalized spacial score (nSPS) is 9.92. The molecule has 6 nitrogen and oxygen atoms in total. The number of thioether (sulfide) groups is 1. The van der Waals surface area contributed by atoms with Gasteiger partial charge in [-0.2, -0.15) is 5.26 Å². The number of hydrogen-bond donors (Lipinski definition) is 1. The summed E-state index contributed by atoms with van der Waals surface area (Å²) >= 11 is 1.06. The monoisotopic (exact) mass is 370 g/mol. The number of nitrogens with one attached hydrogen (secondary N) is 1. The predicted octanol–water partition coefficient (Wildman–Crippen LogP) is 3.68. The fraction of sp³-hybridized carbons (Fsp3) is 0.211. The highest BCUT2D eigenvalue weighted by Gasteiger charge is 2.13. The van der Waals surface area contributed by atoms with E-state index in [9.17, 15) is 9.59 Å². The zero-order valence-electron chi connectivity index (χ0n) is 14.7. The molecule has 0 radical (unpaired) electrons. The molecule has 0 atom stereocenters. The third-order valence-electron chi connectivity index (χ3n) is 3.57. The molecule has 0 heterocycles. The number of anilines is 1. The Hall–Kier alpha value is -2.98. The first-order valence-electron chi connectivity index (χ1n) is 7.72. The quantitative estimate of drug-likeness (QED) is 0.474. The number of hydrogen-bond acceptors (Lipinski definition) is 6. The van der Waals surface area contributed by atoms with Crippen molar-refractivity contribution in [3.05, 3.63) is 53.1 Å². The van der Waals surface area contributed by atoms with E-state index in [1.165, 1.54) is 7.11 Å². The van der Waals surface area contributed by atoms with E-state index in [-0.39, 0.29) is 0 Å². The molecule has 0 bridgehead atoms. The van der Waals surface area contributed by atoms with Gasteiger partial charge in [0.2, 0.25) is 0 Å². The first-order chi connectivity index (χ1) is 12.4. The lowest BCUT2D eigenvalue weighted by Crippen LogP contribution is -2.22. The van der Waals surface area contributed by atoms with Crippen LogP contribution in [0.4, 0.5) is 5.69 Å². The van der Waals surface area contributed by atoms with Gasteiger partial charge in [0.25, 0.3) is 5.91 Å². The van der Waals surface area contributed by atoms with Crippen molar-refractivity contribution in [1.29, 1.82) is 5.26 Å². The van der Waals surface area contributed by atoms with Crippen molar-refractivity contribution >= 4 is 29.3 Å². The van der Waals surface area contributed by atoms with Crippen LogP contribution in [0.5, 0.6) is 5.75 Å². The van der Waals surface area contributed by atoms with Crippen molar-refractivity contribution in [2.24, 2.45) is 0 Å².